The van der Waals surface area contributed by atoms with Gasteiger partial charge in [0.1, 0.15) is 0 Å². The SMILES string of the molecule is Cc1ccc2c(c1)C(=O)N(CC1CCC(O)C1)C2=O. The third-order valence-corrected chi connectivity index (χ3v) is 4.08. The summed E-state index contributed by atoms with van der Waals surface area (Å²) in [4.78, 5) is 25.8. The summed E-state index contributed by atoms with van der Waals surface area (Å²) in [5.74, 6) is -0.148. The Kier molecular flexibility index (Phi) is 2.90. The normalized spacial score (nSPS) is 26.1. The van der Waals surface area contributed by atoms with Crippen molar-refractivity contribution >= 4 is 11.8 Å². The Morgan fingerprint density at radius 3 is 2.63 bits per heavy atom. The van der Waals surface area contributed by atoms with Crippen LogP contribution in [-0.4, -0.2) is 34.5 Å². The first-order chi connectivity index (χ1) is 9.06. The predicted octanol–water partition coefficient (Wildman–Crippen LogP) is 1.75. The van der Waals surface area contributed by atoms with E-state index in [0.717, 1.165) is 18.4 Å². The Labute approximate surface area is 112 Å². The van der Waals surface area contributed by atoms with Crippen molar-refractivity contribution in [2.75, 3.05) is 6.54 Å². The molecule has 2 unspecified atom stereocenters. The molecule has 2 atom stereocenters. The smallest absolute Gasteiger partial charge is 0.261 e. The van der Waals surface area contributed by atoms with Gasteiger partial charge in [-0.25, -0.2) is 0 Å². The number of fused-ring (bicyclic) bond motifs is 1. The van der Waals surface area contributed by atoms with E-state index in [1.807, 2.05) is 13.0 Å². The first kappa shape index (κ1) is 12.4. The van der Waals surface area contributed by atoms with Crippen molar-refractivity contribution < 1.29 is 14.7 Å². The van der Waals surface area contributed by atoms with E-state index in [-0.39, 0.29) is 23.8 Å². The number of aliphatic hydroxyl groups is 1. The first-order valence-corrected chi connectivity index (χ1v) is 6.71. The molecule has 4 nitrogen and oxygen atoms in total. The molecule has 1 aliphatic carbocycles. The van der Waals surface area contributed by atoms with Crippen LogP contribution in [0.5, 0.6) is 0 Å². The van der Waals surface area contributed by atoms with Gasteiger partial charge in [0.05, 0.1) is 17.2 Å². The maximum absolute atomic E-state index is 12.3. The van der Waals surface area contributed by atoms with E-state index in [1.54, 1.807) is 12.1 Å². The highest BCUT2D eigenvalue weighted by Crippen LogP contribution is 2.30. The number of rotatable bonds is 2. The number of nitrogens with zero attached hydrogens (tertiary/aromatic N) is 1. The summed E-state index contributed by atoms with van der Waals surface area (Å²) in [6.45, 7) is 2.34. The molecule has 1 saturated carbocycles. The van der Waals surface area contributed by atoms with Crippen LogP contribution >= 0.6 is 0 Å². The minimum Gasteiger partial charge on any atom is -0.393 e. The molecule has 4 heteroatoms. The molecule has 0 aromatic heterocycles. The molecule has 0 spiro atoms. The fourth-order valence-electron chi connectivity index (χ4n) is 3.04. The lowest BCUT2D eigenvalue weighted by molar-refractivity contribution is 0.0624. The molecule has 0 radical (unpaired) electrons. The van der Waals surface area contributed by atoms with Gasteiger partial charge in [0.15, 0.2) is 0 Å². The fourth-order valence-corrected chi connectivity index (χ4v) is 3.04. The molecule has 19 heavy (non-hydrogen) atoms. The lowest BCUT2D eigenvalue weighted by Crippen LogP contribution is -2.34. The zero-order chi connectivity index (χ0) is 13.6. The molecule has 2 amide bonds. The third kappa shape index (κ3) is 2.06. The Hall–Kier alpha value is -1.68. The Morgan fingerprint density at radius 1 is 1.21 bits per heavy atom. The van der Waals surface area contributed by atoms with Crippen LogP contribution < -0.4 is 0 Å². The minimum absolute atomic E-state index is 0.190. The fraction of sp³-hybridized carbons (Fsp3) is 0.467. The topological polar surface area (TPSA) is 57.6 Å². The van der Waals surface area contributed by atoms with Gasteiger partial charge in [-0.2, -0.15) is 0 Å². The standard InChI is InChI=1S/C15H17NO3/c1-9-2-5-12-13(6-9)15(19)16(14(12)18)8-10-3-4-11(17)7-10/h2,5-6,10-11,17H,3-4,7-8H2,1H3. The summed E-state index contributed by atoms with van der Waals surface area (Å²) in [7, 11) is 0. The summed E-state index contributed by atoms with van der Waals surface area (Å²) in [5.41, 5.74) is 2.01. The lowest BCUT2D eigenvalue weighted by atomic mass is 10.1. The lowest BCUT2D eigenvalue weighted by Gasteiger charge is -2.18. The molecular weight excluding hydrogens is 242 g/mol. The Bertz CT molecular complexity index is 552. The number of aliphatic hydroxyl groups excluding tert-OH is 1. The van der Waals surface area contributed by atoms with Crippen LogP contribution in [-0.2, 0) is 0 Å². The molecule has 1 aromatic rings. The van der Waals surface area contributed by atoms with Crippen LogP contribution in [0.4, 0.5) is 0 Å². The second kappa shape index (κ2) is 4.46. The average Bonchev–Trinajstić information content (AvgIpc) is 2.88. The van der Waals surface area contributed by atoms with Gasteiger partial charge in [-0.15, -0.1) is 0 Å². The van der Waals surface area contributed by atoms with Crippen molar-refractivity contribution in [1.82, 2.24) is 4.90 Å². The molecule has 100 valence electrons. The Morgan fingerprint density at radius 2 is 1.95 bits per heavy atom. The number of aryl methyl sites for hydroxylation is 1. The molecule has 3 rings (SSSR count). The van der Waals surface area contributed by atoms with Crippen LogP contribution in [0.25, 0.3) is 0 Å². The van der Waals surface area contributed by atoms with Crippen LogP contribution in [0, 0.1) is 12.8 Å². The minimum atomic E-state index is -0.276. The number of benzene rings is 1. The van der Waals surface area contributed by atoms with Crippen LogP contribution in [0.15, 0.2) is 18.2 Å². The van der Waals surface area contributed by atoms with Crippen molar-refractivity contribution in [3.05, 3.63) is 34.9 Å². The second-order valence-electron chi connectivity index (χ2n) is 5.60. The highest BCUT2D eigenvalue weighted by Gasteiger charge is 2.37. The van der Waals surface area contributed by atoms with Crippen molar-refractivity contribution in [3.63, 3.8) is 0 Å². The van der Waals surface area contributed by atoms with E-state index in [4.69, 9.17) is 0 Å². The van der Waals surface area contributed by atoms with E-state index < -0.39 is 0 Å². The van der Waals surface area contributed by atoms with Crippen molar-refractivity contribution in [2.24, 2.45) is 5.92 Å². The summed E-state index contributed by atoms with van der Waals surface area (Å²) in [5, 5.41) is 9.53. The van der Waals surface area contributed by atoms with E-state index in [0.29, 0.717) is 24.1 Å². The summed E-state index contributed by atoms with van der Waals surface area (Å²) in [6.07, 6.45) is 2.06. The van der Waals surface area contributed by atoms with E-state index in [2.05, 4.69) is 0 Å². The zero-order valence-corrected chi connectivity index (χ0v) is 10.9. The van der Waals surface area contributed by atoms with Gasteiger partial charge in [0, 0.05) is 6.54 Å². The van der Waals surface area contributed by atoms with E-state index in [1.165, 1.54) is 4.90 Å². The van der Waals surface area contributed by atoms with Gasteiger partial charge >= 0.3 is 0 Å². The van der Waals surface area contributed by atoms with Gasteiger partial charge in [0.25, 0.3) is 11.8 Å². The monoisotopic (exact) mass is 259 g/mol. The molecule has 0 bridgehead atoms. The first-order valence-electron chi connectivity index (χ1n) is 6.71. The van der Waals surface area contributed by atoms with Gasteiger partial charge in [0.2, 0.25) is 0 Å². The number of hydrogen-bond donors (Lipinski definition) is 1. The maximum Gasteiger partial charge on any atom is 0.261 e. The molecule has 0 saturated heterocycles. The highest BCUT2D eigenvalue weighted by molar-refractivity contribution is 6.21. The summed E-state index contributed by atoms with van der Waals surface area (Å²) < 4.78 is 0. The number of amides is 2. The highest BCUT2D eigenvalue weighted by atomic mass is 16.3. The maximum atomic E-state index is 12.3. The molecule has 1 N–H and O–H groups in total. The largest absolute Gasteiger partial charge is 0.393 e. The van der Waals surface area contributed by atoms with Crippen LogP contribution in [0.1, 0.15) is 45.5 Å². The average molecular weight is 259 g/mol. The number of hydrogen-bond acceptors (Lipinski definition) is 3. The van der Waals surface area contributed by atoms with Gasteiger partial charge < -0.3 is 5.11 Å². The van der Waals surface area contributed by atoms with Gasteiger partial charge in [-0.05, 0) is 44.2 Å². The number of carbonyl (C=O) groups excluding carboxylic acids is 2. The predicted molar refractivity (Wildman–Crippen MR) is 69.9 cm³/mol. The summed E-state index contributed by atoms with van der Waals surface area (Å²) >= 11 is 0. The third-order valence-electron chi connectivity index (χ3n) is 4.08. The molecular formula is C15H17NO3. The zero-order valence-electron chi connectivity index (χ0n) is 10.9. The molecule has 1 aromatic carbocycles. The van der Waals surface area contributed by atoms with Gasteiger partial charge in [-0.1, -0.05) is 11.6 Å². The van der Waals surface area contributed by atoms with Crippen molar-refractivity contribution in [3.8, 4) is 0 Å². The van der Waals surface area contributed by atoms with Crippen molar-refractivity contribution in [2.45, 2.75) is 32.3 Å². The van der Waals surface area contributed by atoms with Gasteiger partial charge in [-0.3, -0.25) is 14.5 Å². The molecule has 1 aliphatic heterocycles. The molecule has 2 aliphatic rings. The Balaban J connectivity index is 1.82. The van der Waals surface area contributed by atoms with E-state index >= 15 is 0 Å². The van der Waals surface area contributed by atoms with E-state index in [9.17, 15) is 14.7 Å². The quantitative estimate of drug-likeness (QED) is 0.823. The second-order valence-corrected chi connectivity index (χ2v) is 5.60. The molecule has 1 heterocycles. The molecule has 1 fully saturated rings. The number of carbonyl (C=O) groups is 2. The van der Waals surface area contributed by atoms with Crippen LogP contribution in [0.2, 0.25) is 0 Å². The summed E-state index contributed by atoms with van der Waals surface area (Å²) in [6, 6.07) is 5.36. The van der Waals surface area contributed by atoms with Crippen LogP contribution in [0.3, 0.4) is 0 Å². The number of imide groups is 1. The van der Waals surface area contributed by atoms with Crippen molar-refractivity contribution in [1.29, 1.82) is 0 Å².